The zero-order valence-electron chi connectivity index (χ0n) is 21.1. The normalized spacial score (nSPS) is 24.4. The van der Waals surface area contributed by atoms with Crippen molar-refractivity contribution in [1.29, 1.82) is 0 Å². The molecule has 2 aliphatic rings. The highest BCUT2D eigenvalue weighted by molar-refractivity contribution is 7.13. The van der Waals surface area contributed by atoms with E-state index < -0.39 is 29.2 Å². The lowest BCUT2D eigenvalue weighted by Gasteiger charge is -2.29. The van der Waals surface area contributed by atoms with E-state index in [9.17, 15) is 19.5 Å². The number of aryl methyl sites for hydroxylation is 1. The second-order valence-electron chi connectivity index (χ2n) is 10.3. The third kappa shape index (κ3) is 4.44. The minimum Gasteiger partial charge on any atom is -0.391 e. The van der Waals surface area contributed by atoms with E-state index in [-0.39, 0.29) is 36.5 Å². The predicted molar refractivity (Wildman–Crippen MR) is 140 cm³/mol. The summed E-state index contributed by atoms with van der Waals surface area (Å²) in [4.78, 5) is 46.0. The number of carbonyl (C=O) groups excluding carboxylic acids is 2. The lowest BCUT2D eigenvalue weighted by atomic mass is 9.91. The van der Waals surface area contributed by atoms with Crippen molar-refractivity contribution in [2.45, 2.75) is 57.7 Å². The Morgan fingerprint density at radius 2 is 1.97 bits per heavy atom. The number of nitrogens with one attached hydrogen (secondary N) is 2. The van der Waals surface area contributed by atoms with Crippen LogP contribution in [0, 0.1) is 12.8 Å². The van der Waals surface area contributed by atoms with Crippen LogP contribution in [0.1, 0.15) is 50.0 Å². The van der Waals surface area contributed by atoms with Crippen LogP contribution in [0.25, 0.3) is 10.4 Å². The first-order valence-corrected chi connectivity index (χ1v) is 13.2. The number of β-amino-alcohol motifs (C(OH)–C–C–N with tert-alkyl or cyclic N) is 1. The molecule has 5 rings (SSSR count). The number of amidine groups is 1. The molecular weight excluding hydrogens is 492 g/mol. The van der Waals surface area contributed by atoms with Gasteiger partial charge in [0.05, 0.1) is 12.1 Å². The number of benzene rings is 1. The van der Waals surface area contributed by atoms with Crippen molar-refractivity contribution in [3.05, 3.63) is 69.0 Å². The van der Waals surface area contributed by atoms with Crippen LogP contribution in [0.15, 0.2) is 56.1 Å². The van der Waals surface area contributed by atoms with E-state index in [0.717, 1.165) is 11.1 Å². The summed E-state index contributed by atoms with van der Waals surface area (Å²) in [6.45, 7) is 7.65. The van der Waals surface area contributed by atoms with Gasteiger partial charge in [-0.1, -0.05) is 38.1 Å². The first-order chi connectivity index (χ1) is 17.6. The van der Waals surface area contributed by atoms with E-state index >= 15 is 0 Å². The van der Waals surface area contributed by atoms with Crippen molar-refractivity contribution in [2.24, 2.45) is 10.9 Å². The molecule has 0 spiro atoms. The number of likely N-dealkylation sites (tertiary alicyclic amines) is 1. The summed E-state index contributed by atoms with van der Waals surface area (Å²) in [5.41, 5.74) is 1.43. The summed E-state index contributed by atoms with van der Waals surface area (Å²) < 4.78 is 5.26. The smallest absolute Gasteiger partial charge is 0.280 e. The SMILES string of the molecule is Cc1ccsc1-c1ccc([C@]2(C)N=C(C3C[C@@H](O)CN3C(=O)C(c3cc(=O)[nH]o3)C(C)C)NC2=O)cc1. The number of H-pyrrole nitrogens is 1. The molecule has 3 aromatic rings. The average molecular weight is 523 g/mol. The van der Waals surface area contributed by atoms with Crippen LogP contribution in [-0.2, 0) is 15.1 Å². The Labute approximate surface area is 218 Å². The first kappa shape index (κ1) is 25.2. The first-order valence-electron chi connectivity index (χ1n) is 12.3. The number of aliphatic imine (C=N–C) groups is 1. The summed E-state index contributed by atoms with van der Waals surface area (Å²) in [7, 11) is 0. The van der Waals surface area contributed by atoms with Crippen molar-refractivity contribution < 1.29 is 19.2 Å². The number of hydrogen-bond donors (Lipinski definition) is 3. The minimum absolute atomic E-state index is 0.0990. The van der Waals surface area contributed by atoms with Gasteiger partial charge in [-0.15, -0.1) is 11.3 Å². The molecule has 1 saturated heterocycles. The van der Waals surface area contributed by atoms with E-state index in [4.69, 9.17) is 9.52 Å². The molecule has 0 aliphatic carbocycles. The fraction of sp³-hybridized carbons (Fsp3) is 0.407. The Kier molecular flexibility index (Phi) is 6.41. The van der Waals surface area contributed by atoms with Gasteiger partial charge < -0.3 is 19.8 Å². The van der Waals surface area contributed by atoms with Gasteiger partial charge in [-0.05, 0) is 47.9 Å². The van der Waals surface area contributed by atoms with E-state index in [1.54, 1.807) is 18.3 Å². The van der Waals surface area contributed by atoms with Gasteiger partial charge in [0.1, 0.15) is 11.8 Å². The number of carbonyl (C=O) groups is 2. The summed E-state index contributed by atoms with van der Waals surface area (Å²) in [6, 6.07) is 10.6. The number of nitrogens with zero attached hydrogens (tertiary/aromatic N) is 2. The van der Waals surface area contributed by atoms with Crippen LogP contribution in [0.4, 0.5) is 0 Å². The van der Waals surface area contributed by atoms with E-state index in [0.29, 0.717) is 5.84 Å². The zero-order valence-corrected chi connectivity index (χ0v) is 22.0. The molecule has 4 heterocycles. The van der Waals surface area contributed by atoms with Crippen LogP contribution in [0.5, 0.6) is 0 Å². The van der Waals surface area contributed by atoms with Crippen LogP contribution < -0.4 is 10.9 Å². The molecule has 10 heteroatoms. The number of thiophene rings is 1. The van der Waals surface area contributed by atoms with Gasteiger partial charge in [-0.25, -0.2) is 4.99 Å². The number of aromatic amines is 1. The molecule has 0 saturated carbocycles. The summed E-state index contributed by atoms with van der Waals surface area (Å²) in [5, 5.41) is 17.7. The number of amides is 2. The molecule has 2 amide bonds. The highest BCUT2D eigenvalue weighted by Crippen LogP contribution is 2.36. The second kappa shape index (κ2) is 9.42. The number of aliphatic hydroxyl groups is 1. The highest BCUT2D eigenvalue weighted by atomic mass is 32.1. The monoisotopic (exact) mass is 522 g/mol. The van der Waals surface area contributed by atoms with Gasteiger partial charge in [-0.3, -0.25) is 14.4 Å². The van der Waals surface area contributed by atoms with Crippen molar-refractivity contribution in [2.75, 3.05) is 6.54 Å². The topological polar surface area (TPSA) is 128 Å². The van der Waals surface area contributed by atoms with E-state index in [1.807, 2.05) is 38.1 Å². The standard InChI is InChI=1S/C27H30N4O5S/c1-14(2)22(20-12-21(33)30-36-20)25(34)31-13-18(32)11-19(31)24-28-26(35)27(4,29-24)17-7-5-16(6-8-17)23-15(3)9-10-37-23/h5-10,12,14,18-19,22,32H,11,13H2,1-4H3,(H,30,33)(H,28,29,35)/t18-,19?,22?,27+/m1/s1. The Balaban J connectivity index is 1.44. The van der Waals surface area contributed by atoms with Crippen LogP contribution in [0.2, 0.25) is 0 Å². The molecule has 2 aromatic heterocycles. The fourth-order valence-corrected chi connectivity index (χ4v) is 6.14. The number of rotatable bonds is 6. The number of hydrogen-bond acceptors (Lipinski definition) is 7. The van der Waals surface area contributed by atoms with E-state index in [1.165, 1.54) is 21.4 Å². The lowest BCUT2D eigenvalue weighted by Crippen LogP contribution is -2.48. The maximum atomic E-state index is 13.7. The Hall–Kier alpha value is -3.50. The molecular formula is C27H30N4O5S. The average Bonchev–Trinajstić information content (AvgIpc) is 3.62. The molecule has 37 heavy (non-hydrogen) atoms. The molecule has 0 bridgehead atoms. The quantitative estimate of drug-likeness (QED) is 0.458. The molecule has 9 nitrogen and oxygen atoms in total. The maximum absolute atomic E-state index is 13.7. The summed E-state index contributed by atoms with van der Waals surface area (Å²) in [6.07, 6.45) is -0.515. The molecule has 4 atom stereocenters. The van der Waals surface area contributed by atoms with Crippen molar-refractivity contribution in [3.63, 3.8) is 0 Å². The molecule has 0 radical (unpaired) electrons. The Bertz CT molecular complexity index is 1420. The summed E-state index contributed by atoms with van der Waals surface area (Å²) >= 11 is 1.67. The van der Waals surface area contributed by atoms with Crippen LogP contribution >= 0.6 is 11.3 Å². The molecule has 194 valence electrons. The number of aliphatic hydroxyl groups excluding tert-OH is 1. The third-order valence-electron chi connectivity index (χ3n) is 7.26. The lowest BCUT2D eigenvalue weighted by molar-refractivity contribution is -0.134. The minimum atomic E-state index is -1.16. The second-order valence-corrected chi connectivity index (χ2v) is 11.2. The molecule has 2 unspecified atom stereocenters. The molecule has 3 N–H and O–H groups in total. The predicted octanol–water partition coefficient (Wildman–Crippen LogP) is 3.15. The van der Waals surface area contributed by atoms with Gasteiger partial charge >= 0.3 is 0 Å². The van der Waals surface area contributed by atoms with Gasteiger partial charge in [-0.2, -0.15) is 5.16 Å². The maximum Gasteiger partial charge on any atom is 0.280 e. The largest absolute Gasteiger partial charge is 0.391 e. The van der Waals surface area contributed by atoms with Gasteiger partial charge in [0.15, 0.2) is 11.3 Å². The van der Waals surface area contributed by atoms with Gasteiger partial charge in [0.2, 0.25) is 5.91 Å². The number of aromatic nitrogens is 1. The highest BCUT2D eigenvalue weighted by Gasteiger charge is 2.48. The molecule has 1 aromatic carbocycles. The fourth-order valence-electron chi connectivity index (χ4n) is 5.21. The van der Waals surface area contributed by atoms with Crippen molar-refractivity contribution in [3.8, 4) is 10.4 Å². The summed E-state index contributed by atoms with van der Waals surface area (Å²) in [5.74, 6) is -0.860. The molecule has 2 aliphatic heterocycles. The van der Waals surface area contributed by atoms with Gasteiger partial charge in [0, 0.05) is 23.9 Å². The van der Waals surface area contributed by atoms with Crippen LogP contribution in [0.3, 0.4) is 0 Å². The Morgan fingerprint density at radius 3 is 2.57 bits per heavy atom. The van der Waals surface area contributed by atoms with Crippen molar-refractivity contribution in [1.82, 2.24) is 15.4 Å². The van der Waals surface area contributed by atoms with Crippen molar-refractivity contribution >= 4 is 29.0 Å². The third-order valence-corrected chi connectivity index (χ3v) is 8.32. The van der Waals surface area contributed by atoms with Gasteiger partial charge in [0.25, 0.3) is 11.5 Å². The van der Waals surface area contributed by atoms with Crippen LogP contribution in [-0.4, -0.2) is 51.5 Å². The molecule has 1 fully saturated rings. The van der Waals surface area contributed by atoms with E-state index in [2.05, 4.69) is 28.8 Å². The zero-order chi connectivity index (χ0) is 26.5. The Morgan fingerprint density at radius 1 is 1.24 bits per heavy atom.